The Labute approximate surface area is 181 Å². The van der Waals surface area contributed by atoms with E-state index in [0.717, 1.165) is 5.56 Å². The number of benzene rings is 1. The van der Waals surface area contributed by atoms with Gasteiger partial charge in [0.05, 0.1) is 0 Å². The highest BCUT2D eigenvalue weighted by atomic mass is 35.5. The third-order valence-electron chi connectivity index (χ3n) is 4.47. The number of para-hydroxylation sites is 1. The zero-order valence-corrected chi connectivity index (χ0v) is 17.8. The molecule has 154 valence electrons. The number of pyridine rings is 1. The number of amides is 2. The van der Waals surface area contributed by atoms with Crippen LogP contribution in [-0.2, 0) is 5.41 Å². The summed E-state index contributed by atoms with van der Waals surface area (Å²) < 4.78 is 6.06. The minimum absolute atomic E-state index is 0.128. The maximum atomic E-state index is 12.6. The fraction of sp³-hybridized carbons (Fsp3) is 0.261. The van der Waals surface area contributed by atoms with E-state index in [4.69, 9.17) is 16.3 Å². The van der Waals surface area contributed by atoms with Crippen molar-refractivity contribution in [2.24, 2.45) is 0 Å². The summed E-state index contributed by atoms with van der Waals surface area (Å²) in [6.07, 6.45) is 7.68. The first kappa shape index (κ1) is 21.4. The Kier molecular flexibility index (Phi) is 6.14. The van der Waals surface area contributed by atoms with Crippen LogP contribution in [0.2, 0.25) is 0 Å². The van der Waals surface area contributed by atoms with Gasteiger partial charge in [-0.2, -0.15) is 5.26 Å². The average Bonchev–Trinajstić information content (AvgIpc) is 2.69. The van der Waals surface area contributed by atoms with Gasteiger partial charge in [0.25, 0.3) is 0 Å². The SMILES string of the molecule is CC(C)(C)c1ccccc1Oc1nc(C#N)ccc1NC(=O)NC1(Cl)C=CC=CC1. The minimum Gasteiger partial charge on any atom is -0.437 e. The second-order valence-corrected chi connectivity index (χ2v) is 8.62. The number of carbonyl (C=O) groups excluding carboxylic acids is 1. The molecule has 30 heavy (non-hydrogen) atoms. The van der Waals surface area contributed by atoms with E-state index in [1.807, 2.05) is 42.5 Å². The van der Waals surface area contributed by atoms with Crippen LogP contribution < -0.4 is 15.4 Å². The highest BCUT2D eigenvalue weighted by molar-refractivity contribution is 6.26. The van der Waals surface area contributed by atoms with Gasteiger partial charge in [0.1, 0.15) is 28.2 Å². The van der Waals surface area contributed by atoms with Crippen molar-refractivity contribution in [1.29, 1.82) is 5.26 Å². The first-order valence-corrected chi connectivity index (χ1v) is 9.89. The molecule has 1 atom stereocenters. The van der Waals surface area contributed by atoms with Gasteiger partial charge in [-0.15, -0.1) is 0 Å². The van der Waals surface area contributed by atoms with Crippen molar-refractivity contribution in [3.63, 3.8) is 0 Å². The van der Waals surface area contributed by atoms with Crippen LogP contribution in [0.4, 0.5) is 10.5 Å². The Bertz CT molecular complexity index is 1050. The minimum atomic E-state index is -1.00. The zero-order chi connectivity index (χ0) is 21.8. The van der Waals surface area contributed by atoms with Gasteiger partial charge in [-0.25, -0.2) is 9.78 Å². The summed E-state index contributed by atoms with van der Waals surface area (Å²) in [5.74, 6) is 0.730. The van der Waals surface area contributed by atoms with E-state index in [0.29, 0.717) is 17.9 Å². The summed E-state index contributed by atoms with van der Waals surface area (Å²) >= 11 is 6.42. The Hall–Kier alpha value is -3.30. The van der Waals surface area contributed by atoms with E-state index in [-0.39, 0.29) is 17.0 Å². The number of ether oxygens (including phenoxy) is 1. The van der Waals surface area contributed by atoms with Crippen molar-refractivity contribution >= 4 is 23.3 Å². The fourth-order valence-corrected chi connectivity index (χ4v) is 3.23. The molecule has 0 aliphatic heterocycles. The molecule has 1 aliphatic carbocycles. The van der Waals surface area contributed by atoms with Crippen molar-refractivity contribution in [3.05, 3.63) is 72.0 Å². The Balaban J connectivity index is 1.87. The summed E-state index contributed by atoms with van der Waals surface area (Å²) in [7, 11) is 0. The molecule has 3 rings (SSSR count). The molecule has 1 heterocycles. The second-order valence-electron chi connectivity index (χ2n) is 7.94. The number of urea groups is 1. The molecule has 2 amide bonds. The van der Waals surface area contributed by atoms with E-state index in [9.17, 15) is 10.1 Å². The number of alkyl halides is 1. The van der Waals surface area contributed by atoms with Crippen molar-refractivity contribution in [3.8, 4) is 17.7 Å². The Morgan fingerprint density at radius 1 is 1.23 bits per heavy atom. The van der Waals surface area contributed by atoms with Crippen LogP contribution in [-0.4, -0.2) is 16.0 Å². The molecular formula is C23H23ClN4O2. The van der Waals surface area contributed by atoms with E-state index < -0.39 is 11.0 Å². The molecule has 2 N–H and O–H groups in total. The van der Waals surface area contributed by atoms with Crippen LogP contribution in [0.25, 0.3) is 0 Å². The third-order valence-corrected chi connectivity index (χ3v) is 4.84. The quantitative estimate of drug-likeness (QED) is 0.494. The number of carbonyl (C=O) groups is 1. The number of hydrogen-bond donors (Lipinski definition) is 2. The van der Waals surface area contributed by atoms with Crippen molar-refractivity contribution < 1.29 is 9.53 Å². The number of nitrogens with one attached hydrogen (secondary N) is 2. The maximum absolute atomic E-state index is 12.6. The molecule has 6 nitrogen and oxygen atoms in total. The lowest BCUT2D eigenvalue weighted by Gasteiger charge is -2.26. The molecule has 0 saturated carbocycles. The summed E-state index contributed by atoms with van der Waals surface area (Å²) in [6, 6.07) is 12.2. The van der Waals surface area contributed by atoms with Crippen molar-refractivity contribution in [1.82, 2.24) is 10.3 Å². The molecule has 0 fully saturated rings. The number of nitrogens with zero attached hydrogens (tertiary/aromatic N) is 2. The number of aromatic nitrogens is 1. The Morgan fingerprint density at radius 3 is 2.67 bits per heavy atom. The average molecular weight is 423 g/mol. The number of anilines is 1. The van der Waals surface area contributed by atoms with Crippen molar-refractivity contribution in [2.45, 2.75) is 37.6 Å². The van der Waals surface area contributed by atoms with Crippen LogP contribution in [0.1, 0.15) is 38.4 Å². The predicted octanol–water partition coefficient (Wildman–Crippen LogP) is 5.62. The summed E-state index contributed by atoms with van der Waals surface area (Å²) in [6.45, 7) is 6.23. The first-order chi connectivity index (χ1) is 14.2. The zero-order valence-electron chi connectivity index (χ0n) is 17.1. The maximum Gasteiger partial charge on any atom is 0.321 e. The Morgan fingerprint density at radius 2 is 2.00 bits per heavy atom. The van der Waals surface area contributed by atoms with E-state index >= 15 is 0 Å². The van der Waals surface area contributed by atoms with E-state index in [1.165, 1.54) is 6.07 Å². The molecule has 1 unspecified atom stereocenters. The van der Waals surface area contributed by atoms with Gasteiger partial charge in [-0.3, -0.25) is 0 Å². The predicted molar refractivity (Wildman–Crippen MR) is 118 cm³/mol. The van der Waals surface area contributed by atoms with Gasteiger partial charge in [0.2, 0.25) is 5.88 Å². The standard InChI is InChI=1S/C23H23ClN4O2/c1-22(2,3)17-9-5-6-10-19(17)30-20-18(12-11-16(15-25)26-20)27-21(29)28-23(24)13-7-4-8-14-23/h4-13H,14H2,1-3H3,(H2,27,28,29). The van der Waals surface area contributed by atoms with Gasteiger partial charge in [0.15, 0.2) is 0 Å². The number of nitriles is 1. The number of hydrogen-bond acceptors (Lipinski definition) is 4. The fourth-order valence-electron chi connectivity index (χ4n) is 2.98. The van der Waals surface area contributed by atoms with Gasteiger partial charge in [-0.05, 0) is 29.7 Å². The van der Waals surface area contributed by atoms with Crippen LogP contribution >= 0.6 is 11.6 Å². The summed E-state index contributed by atoms with van der Waals surface area (Å²) in [4.78, 5) is 15.8. The molecule has 0 saturated heterocycles. The molecule has 0 bridgehead atoms. The van der Waals surface area contributed by atoms with Crippen LogP contribution in [0, 0.1) is 11.3 Å². The lowest BCUT2D eigenvalue weighted by atomic mass is 9.86. The van der Waals surface area contributed by atoms with Crippen LogP contribution in [0.5, 0.6) is 11.6 Å². The van der Waals surface area contributed by atoms with Gasteiger partial charge in [0, 0.05) is 12.0 Å². The van der Waals surface area contributed by atoms with E-state index in [1.54, 1.807) is 18.2 Å². The van der Waals surface area contributed by atoms with Gasteiger partial charge >= 0.3 is 6.03 Å². The number of rotatable bonds is 4. The van der Waals surface area contributed by atoms with E-state index in [2.05, 4.69) is 36.4 Å². The third kappa shape index (κ3) is 5.19. The molecule has 7 heteroatoms. The van der Waals surface area contributed by atoms with Crippen LogP contribution in [0.3, 0.4) is 0 Å². The monoisotopic (exact) mass is 422 g/mol. The molecular weight excluding hydrogens is 400 g/mol. The lowest BCUT2D eigenvalue weighted by Crippen LogP contribution is -2.44. The van der Waals surface area contributed by atoms with Gasteiger partial charge < -0.3 is 15.4 Å². The molecule has 0 radical (unpaired) electrons. The summed E-state index contributed by atoms with van der Waals surface area (Å²) in [5, 5.41) is 14.7. The van der Waals surface area contributed by atoms with Crippen LogP contribution in [0.15, 0.2) is 60.7 Å². The molecule has 1 aliphatic rings. The highest BCUT2D eigenvalue weighted by Gasteiger charge is 2.27. The normalized spacial score (nSPS) is 17.8. The first-order valence-electron chi connectivity index (χ1n) is 9.51. The topological polar surface area (TPSA) is 87.0 Å². The number of allylic oxidation sites excluding steroid dienone is 2. The van der Waals surface area contributed by atoms with Gasteiger partial charge in [-0.1, -0.05) is 68.8 Å². The molecule has 2 aromatic rings. The summed E-state index contributed by atoms with van der Waals surface area (Å²) in [5.41, 5.74) is 1.31. The smallest absolute Gasteiger partial charge is 0.321 e. The second kappa shape index (κ2) is 8.60. The largest absolute Gasteiger partial charge is 0.437 e. The highest BCUT2D eigenvalue weighted by Crippen LogP contribution is 2.36. The number of halogens is 1. The molecule has 0 spiro atoms. The molecule has 1 aromatic carbocycles. The van der Waals surface area contributed by atoms with Crippen molar-refractivity contribution in [2.75, 3.05) is 5.32 Å². The lowest BCUT2D eigenvalue weighted by molar-refractivity contribution is 0.248. The molecule has 1 aromatic heterocycles.